The third-order valence-corrected chi connectivity index (χ3v) is 10.6. The SMILES string of the molecule is Cc1ccc(C(C)(C)C)cc1S(=O)(=O)N1CCC(C(=O)NC(c2ccc(Cl)cc2)c2cccc(-c3ccccc3)c2)CC1. The zero-order valence-corrected chi connectivity index (χ0v) is 26.8. The summed E-state index contributed by atoms with van der Waals surface area (Å²) in [7, 11) is -3.68. The second-order valence-electron chi connectivity index (χ2n) is 12.4. The molecular formula is C36H39ClN2O3S. The van der Waals surface area contributed by atoms with Crippen LogP contribution in [0.15, 0.2) is 102 Å². The lowest BCUT2D eigenvalue weighted by Crippen LogP contribution is -2.44. The van der Waals surface area contributed by atoms with Crippen LogP contribution >= 0.6 is 11.6 Å². The van der Waals surface area contributed by atoms with Gasteiger partial charge in [0.25, 0.3) is 0 Å². The van der Waals surface area contributed by atoms with Gasteiger partial charge in [-0.15, -0.1) is 0 Å². The summed E-state index contributed by atoms with van der Waals surface area (Å²) < 4.78 is 28.9. The molecule has 7 heteroatoms. The van der Waals surface area contributed by atoms with Gasteiger partial charge in [-0.2, -0.15) is 4.31 Å². The zero-order valence-electron chi connectivity index (χ0n) is 25.2. The summed E-state index contributed by atoms with van der Waals surface area (Å²) >= 11 is 6.19. The Kier molecular flexibility index (Phi) is 9.12. The number of carbonyl (C=O) groups is 1. The first-order chi connectivity index (χ1) is 20.4. The molecule has 43 heavy (non-hydrogen) atoms. The monoisotopic (exact) mass is 614 g/mol. The van der Waals surface area contributed by atoms with E-state index < -0.39 is 10.0 Å². The van der Waals surface area contributed by atoms with E-state index in [0.29, 0.717) is 35.8 Å². The summed E-state index contributed by atoms with van der Waals surface area (Å²) in [6, 6.07) is 31.2. The second-order valence-corrected chi connectivity index (χ2v) is 14.7. The molecule has 0 spiro atoms. The molecule has 1 atom stereocenters. The van der Waals surface area contributed by atoms with E-state index in [1.807, 2.05) is 79.7 Å². The van der Waals surface area contributed by atoms with Crippen LogP contribution in [0, 0.1) is 12.8 Å². The molecule has 1 unspecified atom stereocenters. The highest BCUT2D eigenvalue weighted by molar-refractivity contribution is 7.89. The normalized spacial score (nSPS) is 15.7. The van der Waals surface area contributed by atoms with Crippen LogP contribution in [-0.2, 0) is 20.2 Å². The quantitative estimate of drug-likeness (QED) is 0.230. The van der Waals surface area contributed by atoms with Gasteiger partial charge in [-0.25, -0.2) is 8.42 Å². The van der Waals surface area contributed by atoms with Crippen LogP contribution in [0.1, 0.15) is 61.9 Å². The molecule has 1 amide bonds. The Morgan fingerprint density at radius 2 is 1.49 bits per heavy atom. The van der Waals surface area contributed by atoms with E-state index in [0.717, 1.165) is 33.4 Å². The molecular weight excluding hydrogens is 576 g/mol. The molecule has 224 valence electrons. The van der Waals surface area contributed by atoms with Crippen molar-refractivity contribution in [2.24, 2.45) is 5.92 Å². The van der Waals surface area contributed by atoms with Gasteiger partial charge >= 0.3 is 0 Å². The van der Waals surface area contributed by atoms with Crippen LogP contribution < -0.4 is 5.32 Å². The van der Waals surface area contributed by atoms with E-state index in [4.69, 9.17) is 11.6 Å². The highest BCUT2D eigenvalue weighted by Crippen LogP contribution is 2.32. The summed E-state index contributed by atoms with van der Waals surface area (Å²) in [5.41, 5.74) is 5.61. The molecule has 5 nitrogen and oxygen atoms in total. The van der Waals surface area contributed by atoms with Crippen molar-refractivity contribution in [2.45, 2.75) is 56.9 Å². The molecule has 1 heterocycles. The van der Waals surface area contributed by atoms with Gasteiger partial charge in [-0.1, -0.05) is 105 Å². The fraction of sp³-hybridized carbons (Fsp3) is 0.306. The predicted octanol–water partition coefficient (Wildman–Crippen LogP) is 7.92. The van der Waals surface area contributed by atoms with Gasteiger partial charge in [0.1, 0.15) is 0 Å². The summed E-state index contributed by atoms with van der Waals surface area (Å²) in [6.45, 7) is 8.67. The lowest BCUT2D eigenvalue weighted by molar-refractivity contribution is -0.126. The molecule has 1 aliphatic heterocycles. The van der Waals surface area contributed by atoms with Crippen LogP contribution in [0.25, 0.3) is 11.1 Å². The summed E-state index contributed by atoms with van der Waals surface area (Å²) in [5, 5.41) is 3.91. The van der Waals surface area contributed by atoms with E-state index in [-0.39, 0.29) is 23.3 Å². The van der Waals surface area contributed by atoms with Gasteiger partial charge in [-0.3, -0.25) is 4.79 Å². The number of hydrogen-bond acceptors (Lipinski definition) is 3. The standard InChI is InChI=1S/C36H39ClN2O3S/c1-25-13-16-31(36(2,3)4)24-33(25)43(41,42)39-21-19-28(20-22-39)35(40)38-34(27-14-17-32(37)18-15-27)30-12-8-11-29(23-30)26-9-6-5-7-10-26/h5-18,23-24,28,34H,19-22H2,1-4H3,(H,38,40). The maximum atomic E-state index is 13.7. The number of hydrogen-bond donors (Lipinski definition) is 1. The van der Waals surface area contributed by atoms with Crippen molar-refractivity contribution in [2.75, 3.05) is 13.1 Å². The Hall–Kier alpha value is -3.45. The Morgan fingerprint density at radius 3 is 2.14 bits per heavy atom. The van der Waals surface area contributed by atoms with Gasteiger partial charge in [0.05, 0.1) is 10.9 Å². The highest BCUT2D eigenvalue weighted by Gasteiger charge is 2.34. The fourth-order valence-corrected chi connectivity index (χ4v) is 7.49. The lowest BCUT2D eigenvalue weighted by atomic mass is 9.87. The summed E-state index contributed by atoms with van der Waals surface area (Å²) in [5.74, 6) is -0.367. The first-order valence-corrected chi connectivity index (χ1v) is 16.6. The van der Waals surface area contributed by atoms with Crippen molar-refractivity contribution in [3.8, 4) is 11.1 Å². The van der Waals surface area contributed by atoms with Gasteiger partial charge in [0, 0.05) is 24.0 Å². The number of benzene rings is 4. The number of nitrogens with zero attached hydrogens (tertiary/aromatic N) is 1. The number of nitrogens with one attached hydrogen (secondary N) is 1. The molecule has 0 radical (unpaired) electrons. The molecule has 0 aromatic heterocycles. The van der Waals surface area contributed by atoms with Crippen molar-refractivity contribution in [3.63, 3.8) is 0 Å². The zero-order chi connectivity index (χ0) is 30.8. The van der Waals surface area contributed by atoms with Crippen molar-refractivity contribution < 1.29 is 13.2 Å². The topological polar surface area (TPSA) is 66.5 Å². The molecule has 0 bridgehead atoms. The van der Waals surface area contributed by atoms with Crippen molar-refractivity contribution in [1.29, 1.82) is 0 Å². The van der Waals surface area contributed by atoms with Crippen molar-refractivity contribution in [3.05, 3.63) is 124 Å². The Balaban J connectivity index is 1.34. The first-order valence-electron chi connectivity index (χ1n) is 14.8. The minimum absolute atomic E-state index is 0.0759. The van der Waals surface area contributed by atoms with E-state index in [2.05, 4.69) is 50.4 Å². The number of sulfonamides is 1. The third-order valence-electron chi connectivity index (χ3n) is 8.31. The van der Waals surface area contributed by atoms with E-state index >= 15 is 0 Å². The minimum atomic E-state index is -3.68. The molecule has 1 N–H and O–H groups in total. The molecule has 1 aliphatic rings. The Bertz CT molecular complexity index is 1690. The minimum Gasteiger partial charge on any atom is -0.345 e. The number of amides is 1. The average Bonchev–Trinajstić information content (AvgIpc) is 3.00. The van der Waals surface area contributed by atoms with E-state index in [1.165, 1.54) is 4.31 Å². The van der Waals surface area contributed by atoms with Gasteiger partial charge in [0.15, 0.2) is 0 Å². The molecule has 4 aromatic carbocycles. The fourth-order valence-electron chi connectivity index (χ4n) is 5.64. The molecule has 0 aliphatic carbocycles. The van der Waals surface area contributed by atoms with Crippen molar-refractivity contribution >= 4 is 27.5 Å². The summed E-state index contributed by atoms with van der Waals surface area (Å²) in [4.78, 5) is 14.1. The lowest BCUT2D eigenvalue weighted by Gasteiger charge is -2.32. The maximum absolute atomic E-state index is 13.7. The van der Waals surface area contributed by atoms with Gasteiger partial charge in [-0.05, 0) is 82.8 Å². The second kappa shape index (κ2) is 12.7. The molecule has 5 rings (SSSR count). The van der Waals surface area contributed by atoms with Gasteiger partial charge in [0.2, 0.25) is 15.9 Å². The van der Waals surface area contributed by atoms with Crippen LogP contribution in [0.3, 0.4) is 0 Å². The van der Waals surface area contributed by atoms with Crippen LogP contribution in [0.4, 0.5) is 0 Å². The smallest absolute Gasteiger partial charge is 0.243 e. The van der Waals surface area contributed by atoms with Gasteiger partial charge < -0.3 is 5.32 Å². The van der Waals surface area contributed by atoms with Crippen LogP contribution in [0.2, 0.25) is 5.02 Å². The number of carbonyl (C=O) groups excluding carboxylic acids is 1. The average molecular weight is 615 g/mol. The Morgan fingerprint density at radius 1 is 0.837 bits per heavy atom. The highest BCUT2D eigenvalue weighted by atomic mass is 35.5. The maximum Gasteiger partial charge on any atom is 0.243 e. The third kappa shape index (κ3) is 7.04. The number of aryl methyl sites for hydroxylation is 1. The summed E-state index contributed by atoms with van der Waals surface area (Å²) in [6.07, 6.45) is 0.918. The largest absolute Gasteiger partial charge is 0.345 e. The van der Waals surface area contributed by atoms with Crippen molar-refractivity contribution in [1.82, 2.24) is 9.62 Å². The Labute approximate surface area is 261 Å². The van der Waals surface area contributed by atoms with E-state index in [1.54, 1.807) is 0 Å². The molecule has 0 saturated carbocycles. The number of halogens is 1. The number of piperidine rings is 1. The number of rotatable bonds is 7. The van der Waals surface area contributed by atoms with E-state index in [9.17, 15) is 13.2 Å². The molecule has 1 fully saturated rings. The first kappa shape index (κ1) is 31.0. The molecule has 4 aromatic rings. The van der Waals surface area contributed by atoms with Crippen LogP contribution in [-0.4, -0.2) is 31.7 Å². The van der Waals surface area contributed by atoms with Crippen LogP contribution in [0.5, 0.6) is 0 Å². The predicted molar refractivity (Wildman–Crippen MR) is 175 cm³/mol. The molecule has 1 saturated heterocycles.